The first-order chi connectivity index (χ1) is 9.32. The van der Waals surface area contributed by atoms with E-state index in [4.69, 9.17) is 10.5 Å². The first kappa shape index (κ1) is 16.0. The van der Waals surface area contributed by atoms with Crippen LogP contribution in [0.2, 0.25) is 0 Å². The van der Waals surface area contributed by atoms with Gasteiger partial charge < -0.3 is 19.9 Å². The molecule has 1 aromatic rings. The van der Waals surface area contributed by atoms with E-state index in [1.807, 2.05) is 0 Å². The molecular formula is C11H13F3N2O4. The fourth-order valence-electron chi connectivity index (χ4n) is 1.54. The van der Waals surface area contributed by atoms with Gasteiger partial charge in [0, 0.05) is 6.54 Å². The van der Waals surface area contributed by atoms with E-state index in [0.29, 0.717) is 0 Å². The smallest absolute Gasteiger partial charge is 0.494 e. The molecule has 0 saturated heterocycles. The van der Waals surface area contributed by atoms with Crippen LogP contribution in [-0.4, -0.2) is 31.5 Å². The van der Waals surface area contributed by atoms with E-state index in [2.05, 4.69) is 14.5 Å². The maximum atomic E-state index is 12.3. The van der Waals surface area contributed by atoms with Crippen molar-refractivity contribution in [1.82, 2.24) is 4.98 Å². The molecule has 1 rings (SSSR count). The Morgan fingerprint density at radius 2 is 2.05 bits per heavy atom. The van der Waals surface area contributed by atoms with Crippen LogP contribution in [0.1, 0.15) is 11.3 Å². The molecule has 1 heterocycles. The normalized spacial score (nSPS) is 11.1. The van der Waals surface area contributed by atoms with Crippen molar-refractivity contribution in [3.8, 4) is 11.5 Å². The molecule has 0 saturated carbocycles. The minimum atomic E-state index is -4.87. The van der Waals surface area contributed by atoms with Crippen molar-refractivity contribution in [1.29, 1.82) is 0 Å². The fraction of sp³-hybridized carbons (Fsp3) is 0.455. The molecule has 1 aromatic heterocycles. The molecule has 9 heteroatoms. The first-order valence-electron chi connectivity index (χ1n) is 5.39. The van der Waals surface area contributed by atoms with E-state index < -0.39 is 18.1 Å². The van der Waals surface area contributed by atoms with Crippen LogP contribution >= 0.6 is 0 Å². The Labute approximate surface area is 112 Å². The topological polar surface area (TPSA) is 83.7 Å². The number of ether oxygens (including phenoxy) is 3. The molecule has 20 heavy (non-hydrogen) atoms. The summed E-state index contributed by atoms with van der Waals surface area (Å²) < 4.78 is 50.0. The number of esters is 1. The SMILES string of the molecule is COC(=O)Cc1ncc(OC(F)(F)F)c(CN)c1OC. The lowest BCUT2D eigenvalue weighted by atomic mass is 10.1. The highest BCUT2D eigenvalue weighted by Gasteiger charge is 2.33. The molecule has 0 aliphatic carbocycles. The molecule has 0 aromatic carbocycles. The summed E-state index contributed by atoms with van der Waals surface area (Å²) in [5.74, 6) is -1.20. The summed E-state index contributed by atoms with van der Waals surface area (Å²) >= 11 is 0. The highest BCUT2D eigenvalue weighted by molar-refractivity contribution is 5.73. The van der Waals surface area contributed by atoms with Crippen LogP contribution in [0, 0.1) is 0 Å². The Hall–Kier alpha value is -2.03. The molecule has 0 spiro atoms. The number of pyridine rings is 1. The van der Waals surface area contributed by atoms with E-state index in [1.165, 1.54) is 14.2 Å². The summed E-state index contributed by atoms with van der Waals surface area (Å²) in [6.07, 6.45) is -4.28. The van der Waals surface area contributed by atoms with E-state index in [1.54, 1.807) is 0 Å². The predicted molar refractivity (Wildman–Crippen MR) is 61.1 cm³/mol. The standard InChI is InChI=1S/C11H13F3N2O4/c1-18-9(17)3-7-10(19-2)6(4-15)8(5-16-7)20-11(12,13)14/h5H,3-4,15H2,1-2H3. The van der Waals surface area contributed by atoms with Gasteiger partial charge in [-0.15, -0.1) is 13.2 Å². The minimum Gasteiger partial charge on any atom is -0.494 e. The van der Waals surface area contributed by atoms with Crippen LogP contribution in [0.25, 0.3) is 0 Å². The summed E-state index contributed by atoms with van der Waals surface area (Å²) in [5, 5.41) is 0. The second-order valence-corrected chi connectivity index (χ2v) is 3.59. The Balaban J connectivity index is 3.22. The summed E-state index contributed by atoms with van der Waals surface area (Å²) in [7, 11) is 2.41. The molecule has 6 nitrogen and oxygen atoms in total. The van der Waals surface area contributed by atoms with Crippen LogP contribution < -0.4 is 15.2 Å². The number of hydrogen-bond donors (Lipinski definition) is 1. The quantitative estimate of drug-likeness (QED) is 0.820. The molecule has 0 amide bonds. The van der Waals surface area contributed by atoms with Gasteiger partial charge in [0.1, 0.15) is 5.75 Å². The number of aromatic nitrogens is 1. The lowest BCUT2D eigenvalue weighted by Crippen LogP contribution is -2.20. The number of carbonyl (C=O) groups is 1. The van der Waals surface area contributed by atoms with Crippen molar-refractivity contribution >= 4 is 5.97 Å². The maximum Gasteiger partial charge on any atom is 0.573 e. The summed E-state index contributed by atoms with van der Waals surface area (Å²) in [6.45, 7) is -0.273. The van der Waals surface area contributed by atoms with Crippen molar-refractivity contribution in [3.63, 3.8) is 0 Å². The average molecular weight is 294 g/mol. The number of halogens is 3. The number of methoxy groups -OCH3 is 2. The molecule has 0 aliphatic heterocycles. The van der Waals surface area contributed by atoms with Gasteiger partial charge in [-0.3, -0.25) is 9.78 Å². The highest BCUT2D eigenvalue weighted by Crippen LogP contribution is 2.33. The zero-order valence-corrected chi connectivity index (χ0v) is 10.8. The summed E-state index contributed by atoms with van der Waals surface area (Å²) in [6, 6.07) is 0. The highest BCUT2D eigenvalue weighted by atomic mass is 19.4. The second-order valence-electron chi connectivity index (χ2n) is 3.59. The average Bonchev–Trinajstić information content (AvgIpc) is 2.37. The van der Waals surface area contributed by atoms with Crippen molar-refractivity contribution in [2.75, 3.05) is 14.2 Å². The molecule has 112 valence electrons. The Morgan fingerprint density at radius 3 is 2.50 bits per heavy atom. The van der Waals surface area contributed by atoms with Gasteiger partial charge in [-0.2, -0.15) is 0 Å². The number of nitrogens with zero attached hydrogens (tertiary/aromatic N) is 1. The third-order valence-corrected chi connectivity index (χ3v) is 2.34. The van der Waals surface area contributed by atoms with Crippen LogP contribution in [0.15, 0.2) is 6.20 Å². The second kappa shape index (κ2) is 6.42. The monoisotopic (exact) mass is 294 g/mol. The lowest BCUT2D eigenvalue weighted by molar-refractivity contribution is -0.275. The zero-order valence-electron chi connectivity index (χ0n) is 10.8. The number of nitrogens with two attached hydrogens (primary N) is 1. The van der Waals surface area contributed by atoms with Crippen molar-refractivity contribution in [3.05, 3.63) is 17.5 Å². The van der Waals surface area contributed by atoms with Crippen LogP contribution in [0.3, 0.4) is 0 Å². The Morgan fingerprint density at radius 1 is 1.40 bits per heavy atom. The molecule has 0 fully saturated rings. The van der Waals surface area contributed by atoms with Gasteiger partial charge in [0.15, 0.2) is 5.75 Å². The first-order valence-corrected chi connectivity index (χ1v) is 5.39. The third kappa shape index (κ3) is 3.98. The Bertz CT molecular complexity index is 491. The Kier molecular flexibility index (Phi) is 5.14. The van der Waals surface area contributed by atoms with Crippen molar-refractivity contribution in [2.45, 2.75) is 19.3 Å². The van der Waals surface area contributed by atoms with Gasteiger partial charge in [-0.1, -0.05) is 0 Å². The number of rotatable bonds is 5. The minimum absolute atomic E-state index is 0.0281. The van der Waals surface area contributed by atoms with Gasteiger partial charge >= 0.3 is 12.3 Å². The molecule has 0 radical (unpaired) electrons. The zero-order chi connectivity index (χ0) is 15.3. The number of alkyl halides is 3. The molecule has 0 atom stereocenters. The fourth-order valence-corrected chi connectivity index (χ4v) is 1.54. The largest absolute Gasteiger partial charge is 0.573 e. The predicted octanol–water partition coefficient (Wildman–Crippen LogP) is 1.16. The molecular weight excluding hydrogens is 281 g/mol. The third-order valence-electron chi connectivity index (χ3n) is 2.34. The van der Waals surface area contributed by atoms with Gasteiger partial charge in [0.05, 0.1) is 38.1 Å². The number of carbonyl (C=O) groups excluding carboxylic acids is 1. The van der Waals surface area contributed by atoms with E-state index in [0.717, 1.165) is 6.20 Å². The van der Waals surface area contributed by atoms with Crippen LogP contribution in [-0.2, 0) is 22.5 Å². The van der Waals surface area contributed by atoms with Crippen LogP contribution in [0.5, 0.6) is 11.5 Å². The van der Waals surface area contributed by atoms with E-state index >= 15 is 0 Å². The van der Waals surface area contributed by atoms with Gasteiger partial charge in [0.25, 0.3) is 0 Å². The number of hydrogen-bond acceptors (Lipinski definition) is 6. The summed E-state index contributed by atoms with van der Waals surface area (Å²) in [4.78, 5) is 14.9. The molecule has 0 bridgehead atoms. The van der Waals surface area contributed by atoms with Gasteiger partial charge in [-0.05, 0) is 0 Å². The maximum absolute atomic E-state index is 12.3. The lowest BCUT2D eigenvalue weighted by Gasteiger charge is -2.16. The summed E-state index contributed by atoms with van der Waals surface area (Å²) in [5.41, 5.74) is 5.50. The molecule has 0 unspecified atom stereocenters. The van der Waals surface area contributed by atoms with E-state index in [-0.39, 0.29) is 30.0 Å². The van der Waals surface area contributed by atoms with Gasteiger partial charge in [0.2, 0.25) is 0 Å². The van der Waals surface area contributed by atoms with E-state index in [9.17, 15) is 18.0 Å². The van der Waals surface area contributed by atoms with Gasteiger partial charge in [-0.25, -0.2) is 0 Å². The molecule has 2 N–H and O–H groups in total. The molecule has 0 aliphatic rings. The van der Waals surface area contributed by atoms with Crippen molar-refractivity contribution < 1.29 is 32.2 Å². The van der Waals surface area contributed by atoms with Crippen LogP contribution in [0.4, 0.5) is 13.2 Å². The van der Waals surface area contributed by atoms with Crippen molar-refractivity contribution in [2.24, 2.45) is 5.73 Å².